The number of rotatable bonds is 2. The molecule has 4 fully saturated rings. The first-order valence-electron chi connectivity index (χ1n) is 12.1. The van der Waals surface area contributed by atoms with Gasteiger partial charge in [0.25, 0.3) is 0 Å². The van der Waals surface area contributed by atoms with Gasteiger partial charge < -0.3 is 5.11 Å². The van der Waals surface area contributed by atoms with Crippen molar-refractivity contribution in [1.29, 1.82) is 0 Å². The summed E-state index contributed by atoms with van der Waals surface area (Å²) in [6.45, 7) is 13.4. The predicted molar refractivity (Wildman–Crippen MR) is 115 cm³/mol. The Bertz CT molecular complexity index is 487. The quantitative estimate of drug-likeness (QED) is 0.584. The first kappa shape index (κ1) is 22.9. The van der Waals surface area contributed by atoms with Gasteiger partial charge in [0.2, 0.25) is 0 Å². The fourth-order valence-corrected chi connectivity index (χ4v) is 7.78. The number of carbonyl (C=O) groups excluding carboxylic acids is 1. The minimum Gasteiger partial charge on any atom is -0.396 e. The molecule has 158 valence electrons. The van der Waals surface area contributed by atoms with E-state index in [4.69, 9.17) is 0 Å². The van der Waals surface area contributed by atoms with Gasteiger partial charge >= 0.3 is 0 Å². The largest absolute Gasteiger partial charge is 0.396 e. The molecule has 2 nitrogen and oxygen atoms in total. The molecule has 0 bridgehead atoms. The summed E-state index contributed by atoms with van der Waals surface area (Å²) in [5.74, 6) is 4.58. The molecule has 1 N–H and O–H groups in total. The number of fused-ring (bicyclic) bond motifs is 5. The van der Waals surface area contributed by atoms with Crippen LogP contribution in [0.15, 0.2) is 0 Å². The highest BCUT2D eigenvalue weighted by Crippen LogP contribution is 2.67. The van der Waals surface area contributed by atoms with E-state index in [0.717, 1.165) is 49.4 Å². The fourth-order valence-electron chi connectivity index (χ4n) is 7.78. The van der Waals surface area contributed by atoms with Gasteiger partial charge in [0, 0.05) is 19.4 Å². The summed E-state index contributed by atoms with van der Waals surface area (Å²) in [7, 11) is 0. The van der Waals surface area contributed by atoms with Crippen LogP contribution in [0.3, 0.4) is 0 Å². The minimum atomic E-state index is 0.364. The van der Waals surface area contributed by atoms with Gasteiger partial charge in [0.1, 0.15) is 5.78 Å². The first-order chi connectivity index (χ1) is 13.0. The van der Waals surface area contributed by atoms with Crippen molar-refractivity contribution in [1.82, 2.24) is 0 Å². The van der Waals surface area contributed by atoms with Crippen LogP contribution >= 0.6 is 0 Å². The Balaban J connectivity index is 0.000000614. The van der Waals surface area contributed by atoms with E-state index in [0.29, 0.717) is 29.1 Å². The molecule has 2 heteroatoms. The van der Waals surface area contributed by atoms with E-state index in [9.17, 15) is 9.90 Å². The predicted octanol–water partition coefficient (Wildman–Crippen LogP) is 6.65. The molecule has 0 aliphatic heterocycles. The van der Waals surface area contributed by atoms with Crippen LogP contribution in [0.2, 0.25) is 0 Å². The zero-order valence-corrected chi connectivity index (χ0v) is 19.0. The van der Waals surface area contributed by atoms with Crippen molar-refractivity contribution in [2.24, 2.45) is 40.4 Å². The molecular weight excluding hydrogens is 332 g/mol. The van der Waals surface area contributed by atoms with Crippen LogP contribution < -0.4 is 0 Å². The van der Waals surface area contributed by atoms with Gasteiger partial charge in [-0.15, -0.1) is 0 Å². The second kappa shape index (κ2) is 9.42. The molecule has 5 unspecified atom stereocenters. The molecule has 7 atom stereocenters. The van der Waals surface area contributed by atoms with E-state index in [-0.39, 0.29) is 0 Å². The molecule has 4 aliphatic rings. The summed E-state index contributed by atoms with van der Waals surface area (Å²) in [4.78, 5) is 11.9. The highest BCUT2D eigenvalue weighted by Gasteiger charge is 2.59. The van der Waals surface area contributed by atoms with Crippen molar-refractivity contribution in [2.45, 2.75) is 106 Å². The topological polar surface area (TPSA) is 37.3 Å². The fraction of sp³-hybridized carbons (Fsp3) is 0.960. The molecule has 0 aromatic rings. The second-order valence-corrected chi connectivity index (χ2v) is 9.73. The van der Waals surface area contributed by atoms with Crippen LogP contribution in [-0.2, 0) is 4.79 Å². The van der Waals surface area contributed by atoms with Gasteiger partial charge in [-0.05, 0) is 91.8 Å². The third-order valence-corrected chi connectivity index (χ3v) is 9.16. The molecule has 0 aromatic heterocycles. The normalized spacial score (nSPS) is 45.3. The van der Waals surface area contributed by atoms with Crippen molar-refractivity contribution >= 4 is 5.78 Å². The molecule has 4 rings (SSSR count). The summed E-state index contributed by atoms with van der Waals surface area (Å²) in [6, 6.07) is 0. The third-order valence-electron chi connectivity index (χ3n) is 9.16. The Morgan fingerprint density at radius 3 is 2.22 bits per heavy atom. The molecule has 0 aromatic carbocycles. The van der Waals surface area contributed by atoms with E-state index in [1.807, 2.05) is 27.7 Å². The van der Waals surface area contributed by atoms with Crippen molar-refractivity contribution in [3.05, 3.63) is 0 Å². The summed E-state index contributed by atoms with van der Waals surface area (Å²) in [5, 5.41) is 9.45. The smallest absolute Gasteiger partial charge is 0.133 e. The van der Waals surface area contributed by atoms with Gasteiger partial charge in [0.15, 0.2) is 0 Å². The van der Waals surface area contributed by atoms with Crippen molar-refractivity contribution in [2.75, 3.05) is 6.61 Å². The standard InChI is InChI=1S/C21H34O2.2C2H6/c1-20-11-8-19-17(18(20)6-4-14(20)9-12-22)5-3-15-13-16(23)7-10-21(15,19)2;2*1-2/h14-15,17-19,22H,3-13H2,1-2H3;2*1-2H3/t14?,15?,17?,18?,19?,20-,21+;;/m1../s1. The van der Waals surface area contributed by atoms with Crippen LogP contribution in [0.1, 0.15) is 106 Å². The maximum atomic E-state index is 11.9. The van der Waals surface area contributed by atoms with Crippen molar-refractivity contribution < 1.29 is 9.90 Å². The summed E-state index contributed by atoms with van der Waals surface area (Å²) in [5.41, 5.74) is 0.921. The van der Waals surface area contributed by atoms with Gasteiger partial charge in [0.05, 0.1) is 0 Å². The van der Waals surface area contributed by atoms with Crippen molar-refractivity contribution in [3.63, 3.8) is 0 Å². The number of ketones is 1. The summed E-state index contributed by atoms with van der Waals surface area (Å²) < 4.78 is 0. The number of hydrogen-bond donors (Lipinski definition) is 1. The molecule has 0 saturated heterocycles. The van der Waals surface area contributed by atoms with E-state index >= 15 is 0 Å². The van der Waals surface area contributed by atoms with E-state index in [1.165, 1.54) is 38.5 Å². The first-order valence-corrected chi connectivity index (χ1v) is 12.1. The van der Waals surface area contributed by atoms with Crippen LogP contribution in [0.5, 0.6) is 0 Å². The average Bonchev–Trinajstić information content (AvgIpc) is 3.02. The van der Waals surface area contributed by atoms with Crippen molar-refractivity contribution in [3.8, 4) is 0 Å². The molecule has 0 spiro atoms. The Morgan fingerprint density at radius 2 is 1.56 bits per heavy atom. The lowest BCUT2D eigenvalue weighted by Gasteiger charge is -2.60. The Labute approximate surface area is 168 Å². The molecular formula is C25H46O2. The highest BCUT2D eigenvalue weighted by atomic mass is 16.3. The number of aliphatic hydroxyl groups is 1. The van der Waals surface area contributed by atoms with Gasteiger partial charge in [-0.3, -0.25) is 4.79 Å². The zero-order chi connectivity index (χ0) is 20.2. The molecule has 27 heavy (non-hydrogen) atoms. The van der Waals surface area contributed by atoms with Gasteiger partial charge in [-0.25, -0.2) is 0 Å². The maximum absolute atomic E-state index is 11.9. The number of hydrogen-bond acceptors (Lipinski definition) is 2. The lowest BCUT2D eigenvalue weighted by atomic mass is 9.44. The molecule has 0 radical (unpaired) electrons. The maximum Gasteiger partial charge on any atom is 0.133 e. The van der Waals surface area contributed by atoms with E-state index in [1.54, 1.807) is 0 Å². The van der Waals surface area contributed by atoms with Gasteiger partial charge in [-0.1, -0.05) is 41.5 Å². The highest BCUT2D eigenvalue weighted by molar-refractivity contribution is 5.79. The molecule has 0 heterocycles. The zero-order valence-electron chi connectivity index (χ0n) is 19.0. The van der Waals surface area contributed by atoms with Gasteiger partial charge in [-0.2, -0.15) is 0 Å². The molecule has 4 aliphatic carbocycles. The van der Waals surface area contributed by atoms with Crippen LogP contribution in [-0.4, -0.2) is 17.5 Å². The average molecular weight is 379 g/mol. The number of carbonyl (C=O) groups is 1. The number of Topliss-reactive ketones (excluding diaryl/α,β-unsaturated/α-hetero) is 1. The summed E-state index contributed by atoms with van der Waals surface area (Å²) >= 11 is 0. The van der Waals surface area contributed by atoms with E-state index in [2.05, 4.69) is 13.8 Å². The molecule has 0 amide bonds. The van der Waals surface area contributed by atoms with E-state index < -0.39 is 0 Å². The Kier molecular flexibility index (Phi) is 7.99. The second-order valence-electron chi connectivity index (χ2n) is 9.73. The van der Waals surface area contributed by atoms with Crippen LogP contribution in [0, 0.1) is 40.4 Å². The minimum absolute atomic E-state index is 0.364. The lowest BCUT2D eigenvalue weighted by Crippen LogP contribution is -2.53. The SMILES string of the molecule is CC.CC.C[C@]12CCC(=O)CC1CCC1C2CC[C@]2(C)C(CCO)CCC12. The Hall–Kier alpha value is -0.370. The molecule has 4 saturated carbocycles. The third kappa shape index (κ3) is 3.89. The summed E-state index contributed by atoms with van der Waals surface area (Å²) in [6.07, 6.45) is 12.0. The lowest BCUT2D eigenvalue weighted by molar-refractivity contribution is -0.139. The monoisotopic (exact) mass is 378 g/mol. The van der Waals surface area contributed by atoms with Crippen LogP contribution in [0.25, 0.3) is 0 Å². The Morgan fingerprint density at radius 1 is 0.889 bits per heavy atom. The van der Waals surface area contributed by atoms with Crippen LogP contribution in [0.4, 0.5) is 0 Å². The number of aliphatic hydroxyl groups excluding tert-OH is 1.